The quantitative estimate of drug-likeness (QED) is 0.400. The van der Waals surface area contributed by atoms with Crippen LogP contribution >= 0.6 is 0 Å². The number of guanidine groups is 1. The Bertz CT molecular complexity index is 513. The van der Waals surface area contributed by atoms with E-state index in [1.807, 2.05) is 12.1 Å². The number of alkyl halides is 3. The Morgan fingerprint density at radius 2 is 1.76 bits per heavy atom. The maximum absolute atomic E-state index is 12.0. The first kappa shape index (κ1) is 21.3. The largest absolute Gasteiger partial charge is 0.411 e. The fraction of sp³-hybridized carbons (Fsp3) is 0.611. The third-order valence-electron chi connectivity index (χ3n) is 3.49. The van der Waals surface area contributed by atoms with Gasteiger partial charge in [-0.1, -0.05) is 38.1 Å². The molecule has 1 aromatic carbocycles. The van der Waals surface area contributed by atoms with Gasteiger partial charge in [0.25, 0.3) is 0 Å². The first-order valence-electron chi connectivity index (χ1n) is 8.47. The summed E-state index contributed by atoms with van der Waals surface area (Å²) in [6, 6.07) is 7.27. The normalized spacial score (nSPS) is 12.5. The van der Waals surface area contributed by atoms with Gasteiger partial charge in [0, 0.05) is 20.1 Å². The van der Waals surface area contributed by atoms with Crippen molar-refractivity contribution in [3.63, 3.8) is 0 Å². The molecule has 1 aromatic rings. The van der Waals surface area contributed by atoms with Crippen molar-refractivity contribution in [2.45, 2.75) is 46.0 Å². The molecule has 0 heterocycles. The summed E-state index contributed by atoms with van der Waals surface area (Å²) in [5, 5.41) is 6.48. The van der Waals surface area contributed by atoms with Crippen LogP contribution in [-0.2, 0) is 17.9 Å². The molecule has 0 bridgehead atoms. The Kier molecular flexibility index (Phi) is 9.34. The molecule has 4 nitrogen and oxygen atoms in total. The van der Waals surface area contributed by atoms with E-state index in [0.717, 1.165) is 24.5 Å². The van der Waals surface area contributed by atoms with Gasteiger partial charge < -0.3 is 15.4 Å². The standard InChI is InChI=1S/C18H28F3N3O/c1-14(2)5-4-10-23-17(22-3)24-11-15-6-8-16(9-7-15)12-25-13-18(19,20)21/h6-9,14H,4-5,10-13H2,1-3H3,(H2,22,23,24). The summed E-state index contributed by atoms with van der Waals surface area (Å²) in [4.78, 5) is 4.17. The van der Waals surface area contributed by atoms with Crippen LogP contribution in [0, 0.1) is 5.92 Å². The predicted octanol–water partition coefficient (Wildman–Crippen LogP) is 3.87. The van der Waals surface area contributed by atoms with E-state index in [4.69, 9.17) is 0 Å². The Morgan fingerprint density at radius 1 is 1.12 bits per heavy atom. The van der Waals surface area contributed by atoms with Crippen molar-refractivity contribution in [2.24, 2.45) is 10.9 Å². The first-order valence-corrected chi connectivity index (χ1v) is 8.47. The SMILES string of the molecule is CN=C(NCCCC(C)C)NCc1ccc(COCC(F)(F)F)cc1. The van der Waals surface area contributed by atoms with Crippen LogP contribution in [0.2, 0.25) is 0 Å². The zero-order valence-electron chi connectivity index (χ0n) is 15.1. The summed E-state index contributed by atoms with van der Waals surface area (Å²) in [7, 11) is 1.72. The molecular weight excluding hydrogens is 331 g/mol. The number of ether oxygens (including phenoxy) is 1. The van der Waals surface area contributed by atoms with Gasteiger partial charge >= 0.3 is 6.18 Å². The molecule has 0 unspecified atom stereocenters. The Morgan fingerprint density at radius 3 is 2.32 bits per heavy atom. The number of benzene rings is 1. The molecule has 25 heavy (non-hydrogen) atoms. The molecule has 0 saturated carbocycles. The second-order valence-corrected chi connectivity index (χ2v) is 6.31. The molecule has 0 atom stereocenters. The maximum atomic E-state index is 12.0. The van der Waals surface area contributed by atoms with Crippen molar-refractivity contribution in [1.29, 1.82) is 0 Å². The van der Waals surface area contributed by atoms with Crippen LogP contribution in [0.25, 0.3) is 0 Å². The zero-order valence-corrected chi connectivity index (χ0v) is 15.1. The molecule has 2 N–H and O–H groups in total. The van der Waals surface area contributed by atoms with E-state index in [0.29, 0.717) is 18.0 Å². The van der Waals surface area contributed by atoms with Gasteiger partial charge in [0.1, 0.15) is 6.61 Å². The van der Waals surface area contributed by atoms with Crippen molar-refractivity contribution in [3.8, 4) is 0 Å². The van der Waals surface area contributed by atoms with Crippen LogP contribution in [-0.4, -0.2) is 32.3 Å². The molecule has 0 spiro atoms. The van der Waals surface area contributed by atoms with E-state index in [2.05, 4.69) is 34.2 Å². The number of nitrogens with one attached hydrogen (secondary N) is 2. The van der Waals surface area contributed by atoms with Crippen molar-refractivity contribution < 1.29 is 17.9 Å². The molecule has 0 aliphatic heterocycles. The lowest BCUT2D eigenvalue weighted by Gasteiger charge is -2.13. The van der Waals surface area contributed by atoms with Gasteiger partial charge in [0.05, 0.1) is 6.61 Å². The predicted molar refractivity (Wildman–Crippen MR) is 94.4 cm³/mol. The van der Waals surface area contributed by atoms with E-state index in [1.54, 1.807) is 19.2 Å². The molecule has 0 radical (unpaired) electrons. The average molecular weight is 359 g/mol. The van der Waals surface area contributed by atoms with Crippen molar-refractivity contribution in [3.05, 3.63) is 35.4 Å². The number of hydrogen-bond acceptors (Lipinski definition) is 2. The van der Waals surface area contributed by atoms with Crippen LogP contribution in [0.1, 0.15) is 37.8 Å². The summed E-state index contributed by atoms with van der Waals surface area (Å²) in [5.41, 5.74) is 1.73. The molecular formula is C18H28F3N3O. The van der Waals surface area contributed by atoms with E-state index in [-0.39, 0.29) is 6.61 Å². The fourth-order valence-electron chi connectivity index (χ4n) is 2.16. The minimum absolute atomic E-state index is 0.0493. The summed E-state index contributed by atoms with van der Waals surface area (Å²) in [5.74, 6) is 1.43. The van der Waals surface area contributed by atoms with Crippen LogP contribution < -0.4 is 10.6 Å². The summed E-state index contributed by atoms with van der Waals surface area (Å²) < 4.78 is 40.7. The van der Waals surface area contributed by atoms with E-state index in [9.17, 15) is 13.2 Å². The highest BCUT2D eigenvalue weighted by Gasteiger charge is 2.27. The van der Waals surface area contributed by atoms with E-state index in [1.165, 1.54) is 6.42 Å². The molecule has 0 aliphatic rings. The molecule has 0 aromatic heterocycles. The van der Waals surface area contributed by atoms with Gasteiger partial charge in [-0.05, 0) is 29.9 Å². The van der Waals surface area contributed by atoms with Crippen LogP contribution in [0.5, 0.6) is 0 Å². The summed E-state index contributed by atoms with van der Waals surface area (Å²) in [6.07, 6.45) is -2.03. The van der Waals surface area contributed by atoms with E-state index >= 15 is 0 Å². The van der Waals surface area contributed by atoms with Gasteiger partial charge in [-0.15, -0.1) is 0 Å². The first-order chi connectivity index (χ1) is 11.8. The fourth-order valence-corrected chi connectivity index (χ4v) is 2.16. The van der Waals surface area contributed by atoms with Crippen molar-refractivity contribution in [2.75, 3.05) is 20.2 Å². The van der Waals surface area contributed by atoms with Crippen molar-refractivity contribution >= 4 is 5.96 Å². The Hall–Kier alpha value is -1.76. The minimum Gasteiger partial charge on any atom is -0.367 e. The van der Waals surface area contributed by atoms with Gasteiger partial charge in [-0.2, -0.15) is 13.2 Å². The average Bonchev–Trinajstić information content (AvgIpc) is 2.54. The molecule has 142 valence electrons. The van der Waals surface area contributed by atoms with Crippen LogP contribution in [0.4, 0.5) is 13.2 Å². The number of rotatable bonds is 9. The molecule has 7 heteroatoms. The Balaban J connectivity index is 2.31. The number of halogens is 3. The van der Waals surface area contributed by atoms with Gasteiger partial charge in [-0.25, -0.2) is 0 Å². The second kappa shape index (κ2) is 11.0. The third kappa shape index (κ3) is 10.7. The topological polar surface area (TPSA) is 45.7 Å². The van der Waals surface area contributed by atoms with Crippen LogP contribution in [0.3, 0.4) is 0 Å². The monoisotopic (exact) mass is 359 g/mol. The van der Waals surface area contributed by atoms with E-state index < -0.39 is 12.8 Å². The van der Waals surface area contributed by atoms with Gasteiger partial charge in [-0.3, -0.25) is 4.99 Å². The van der Waals surface area contributed by atoms with Crippen molar-refractivity contribution in [1.82, 2.24) is 10.6 Å². The lowest BCUT2D eigenvalue weighted by Crippen LogP contribution is -2.37. The molecule has 1 rings (SSSR count). The zero-order chi connectivity index (χ0) is 18.7. The lowest BCUT2D eigenvalue weighted by molar-refractivity contribution is -0.176. The smallest absolute Gasteiger partial charge is 0.367 e. The lowest BCUT2D eigenvalue weighted by atomic mass is 10.1. The highest BCUT2D eigenvalue weighted by Crippen LogP contribution is 2.15. The molecule has 0 fully saturated rings. The minimum atomic E-state index is -4.29. The summed E-state index contributed by atoms with van der Waals surface area (Å²) >= 11 is 0. The van der Waals surface area contributed by atoms with Gasteiger partial charge in [0.15, 0.2) is 5.96 Å². The molecule has 0 saturated heterocycles. The summed E-state index contributed by atoms with van der Waals surface area (Å²) in [6.45, 7) is 4.58. The maximum Gasteiger partial charge on any atom is 0.411 e. The van der Waals surface area contributed by atoms with Gasteiger partial charge in [0.2, 0.25) is 0 Å². The number of aliphatic imine (C=N–C) groups is 1. The van der Waals surface area contributed by atoms with Crippen LogP contribution in [0.15, 0.2) is 29.3 Å². The highest BCUT2D eigenvalue weighted by atomic mass is 19.4. The number of nitrogens with zero attached hydrogens (tertiary/aromatic N) is 1. The molecule has 0 amide bonds. The second-order valence-electron chi connectivity index (χ2n) is 6.31. The molecule has 0 aliphatic carbocycles. The third-order valence-corrected chi connectivity index (χ3v) is 3.49. The highest BCUT2D eigenvalue weighted by molar-refractivity contribution is 5.79. The number of hydrogen-bond donors (Lipinski definition) is 2. The Labute approximate surface area is 147 Å².